The number of benzene rings is 1. The number of rotatable bonds is 4. The van der Waals surface area contributed by atoms with E-state index in [9.17, 15) is 9.18 Å². The highest BCUT2D eigenvalue weighted by Crippen LogP contribution is 2.41. The van der Waals surface area contributed by atoms with E-state index in [1.165, 1.54) is 30.2 Å². The Morgan fingerprint density at radius 1 is 1.16 bits per heavy atom. The fourth-order valence-electron chi connectivity index (χ4n) is 3.61. The molecule has 0 saturated heterocycles. The van der Waals surface area contributed by atoms with Crippen LogP contribution in [0.25, 0.3) is 0 Å². The minimum Gasteiger partial charge on any atom is -0.342 e. The van der Waals surface area contributed by atoms with E-state index in [0.29, 0.717) is 37.4 Å². The molecule has 0 spiro atoms. The number of amides is 1. The molecule has 1 aromatic heterocycles. The summed E-state index contributed by atoms with van der Waals surface area (Å²) in [6.45, 7) is 1.39. The van der Waals surface area contributed by atoms with Crippen LogP contribution in [0.15, 0.2) is 30.6 Å². The second-order valence-electron chi connectivity index (χ2n) is 6.93. The molecule has 4 nitrogen and oxygen atoms in total. The van der Waals surface area contributed by atoms with Gasteiger partial charge in [-0.2, -0.15) is 0 Å². The summed E-state index contributed by atoms with van der Waals surface area (Å²) < 4.78 is 13.7. The van der Waals surface area contributed by atoms with Gasteiger partial charge in [-0.1, -0.05) is 18.2 Å². The van der Waals surface area contributed by atoms with Crippen LogP contribution in [0.3, 0.4) is 0 Å². The number of carbonyl (C=O) groups excluding carboxylic acids is 1. The van der Waals surface area contributed by atoms with Gasteiger partial charge in [0, 0.05) is 37.5 Å². The number of aromatic nitrogens is 2. The number of carbonyl (C=O) groups is 1. The van der Waals surface area contributed by atoms with Crippen LogP contribution in [0.4, 0.5) is 4.39 Å². The summed E-state index contributed by atoms with van der Waals surface area (Å²) >= 11 is 0. The summed E-state index contributed by atoms with van der Waals surface area (Å²) in [5.74, 6) is 0.458. The Hall–Kier alpha value is -2.30. The van der Waals surface area contributed by atoms with Crippen molar-refractivity contribution < 1.29 is 9.18 Å². The minimum atomic E-state index is -0.233. The molecule has 1 amide bonds. The zero-order valence-corrected chi connectivity index (χ0v) is 14.2. The zero-order valence-electron chi connectivity index (χ0n) is 14.2. The third-order valence-electron chi connectivity index (χ3n) is 5.20. The van der Waals surface area contributed by atoms with Crippen LogP contribution in [0.2, 0.25) is 0 Å². The molecule has 0 bridgehead atoms. The van der Waals surface area contributed by atoms with Crippen LogP contribution in [-0.2, 0) is 24.1 Å². The van der Waals surface area contributed by atoms with Gasteiger partial charge in [0.1, 0.15) is 12.1 Å². The van der Waals surface area contributed by atoms with Gasteiger partial charge >= 0.3 is 0 Å². The van der Waals surface area contributed by atoms with E-state index >= 15 is 0 Å². The largest absolute Gasteiger partial charge is 0.342 e. The predicted molar refractivity (Wildman–Crippen MR) is 92.7 cm³/mol. The molecule has 25 heavy (non-hydrogen) atoms. The van der Waals surface area contributed by atoms with Crippen molar-refractivity contribution in [3.05, 3.63) is 58.9 Å². The number of aryl methyl sites for hydroxylation is 1. The van der Waals surface area contributed by atoms with Crippen LogP contribution in [0.5, 0.6) is 0 Å². The zero-order chi connectivity index (χ0) is 17.2. The Balaban J connectivity index is 1.40. The molecule has 1 aliphatic carbocycles. The van der Waals surface area contributed by atoms with Crippen molar-refractivity contribution >= 4 is 5.91 Å². The molecule has 1 saturated carbocycles. The quantitative estimate of drug-likeness (QED) is 0.860. The lowest BCUT2D eigenvalue weighted by Gasteiger charge is -2.20. The number of hydrogen-bond donors (Lipinski definition) is 0. The van der Waals surface area contributed by atoms with Crippen molar-refractivity contribution in [3.63, 3.8) is 0 Å². The van der Waals surface area contributed by atoms with Gasteiger partial charge < -0.3 is 4.90 Å². The summed E-state index contributed by atoms with van der Waals surface area (Å²) in [6.07, 6.45) is 6.50. The van der Waals surface area contributed by atoms with Crippen molar-refractivity contribution in [2.75, 3.05) is 13.1 Å². The van der Waals surface area contributed by atoms with Crippen LogP contribution in [-0.4, -0.2) is 33.9 Å². The first-order valence-corrected chi connectivity index (χ1v) is 9.06. The molecular formula is C20H22FN3O. The number of nitrogens with zero attached hydrogens (tertiary/aromatic N) is 3. The Morgan fingerprint density at radius 2 is 1.96 bits per heavy atom. The predicted octanol–water partition coefficient (Wildman–Crippen LogP) is 3.05. The molecule has 2 heterocycles. The maximum absolute atomic E-state index is 13.7. The standard InChI is InChI=1S/C20H22FN3O/c21-17-4-2-1-3-14(17)7-8-19(25)24-11-9-16-18(10-12-24)22-13-23-20(16)15-5-6-15/h1-4,13,15H,5-12H2. The van der Waals surface area contributed by atoms with Crippen molar-refractivity contribution in [2.45, 2.75) is 44.4 Å². The van der Waals surface area contributed by atoms with Crippen molar-refractivity contribution in [1.82, 2.24) is 14.9 Å². The molecular weight excluding hydrogens is 317 g/mol. The molecule has 0 radical (unpaired) electrons. The Kier molecular flexibility index (Phi) is 4.47. The Bertz CT molecular complexity index is 788. The van der Waals surface area contributed by atoms with E-state index < -0.39 is 0 Å². The van der Waals surface area contributed by atoms with E-state index in [1.54, 1.807) is 18.5 Å². The van der Waals surface area contributed by atoms with Gasteiger partial charge in [-0.15, -0.1) is 0 Å². The molecule has 0 N–H and O–H groups in total. The van der Waals surface area contributed by atoms with Crippen molar-refractivity contribution in [3.8, 4) is 0 Å². The van der Waals surface area contributed by atoms with Gasteiger partial charge in [-0.05, 0) is 42.9 Å². The Morgan fingerprint density at radius 3 is 2.76 bits per heavy atom. The van der Waals surface area contributed by atoms with Crippen molar-refractivity contribution in [1.29, 1.82) is 0 Å². The summed E-state index contributed by atoms with van der Waals surface area (Å²) in [5, 5.41) is 0. The van der Waals surface area contributed by atoms with Gasteiger partial charge in [-0.25, -0.2) is 14.4 Å². The van der Waals surface area contributed by atoms with Gasteiger partial charge in [0.05, 0.1) is 5.69 Å². The lowest BCUT2D eigenvalue weighted by molar-refractivity contribution is -0.131. The molecule has 5 heteroatoms. The fourth-order valence-corrected chi connectivity index (χ4v) is 3.61. The van der Waals surface area contributed by atoms with Crippen LogP contribution < -0.4 is 0 Å². The summed E-state index contributed by atoms with van der Waals surface area (Å²) in [5.41, 5.74) is 4.16. The van der Waals surface area contributed by atoms with E-state index in [2.05, 4.69) is 9.97 Å². The van der Waals surface area contributed by atoms with E-state index in [4.69, 9.17) is 0 Å². The molecule has 0 atom stereocenters. The van der Waals surface area contributed by atoms with E-state index in [-0.39, 0.29) is 11.7 Å². The molecule has 0 unspecified atom stereocenters. The smallest absolute Gasteiger partial charge is 0.222 e. The maximum atomic E-state index is 13.7. The van der Waals surface area contributed by atoms with E-state index in [0.717, 1.165) is 18.5 Å². The number of hydrogen-bond acceptors (Lipinski definition) is 3. The third-order valence-corrected chi connectivity index (χ3v) is 5.20. The molecule has 1 aromatic carbocycles. The monoisotopic (exact) mass is 339 g/mol. The second kappa shape index (κ2) is 6.90. The summed E-state index contributed by atoms with van der Waals surface area (Å²) in [4.78, 5) is 23.4. The highest BCUT2D eigenvalue weighted by atomic mass is 19.1. The maximum Gasteiger partial charge on any atom is 0.222 e. The van der Waals surface area contributed by atoms with Gasteiger partial charge in [0.15, 0.2) is 0 Å². The first-order chi connectivity index (χ1) is 12.2. The fraction of sp³-hybridized carbons (Fsp3) is 0.450. The van der Waals surface area contributed by atoms with Crippen LogP contribution in [0, 0.1) is 5.82 Å². The summed E-state index contributed by atoms with van der Waals surface area (Å²) in [6, 6.07) is 6.67. The number of fused-ring (bicyclic) bond motifs is 1. The van der Waals surface area contributed by atoms with Gasteiger partial charge in [0.25, 0.3) is 0 Å². The molecule has 1 aliphatic heterocycles. The average molecular weight is 339 g/mol. The average Bonchev–Trinajstić information content (AvgIpc) is 3.47. The molecule has 2 aliphatic rings. The van der Waals surface area contributed by atoms with Crippen molar-refractivity contribution in [2.24, 2.45) is 0 Å². The van der Waals surface area contributed by atoms with Crippen LogP contribution >= 0.6 is 0 Å². The first-order valence-electron chi connectivity index (χ1n) is 9.06. The normalized spacial score (nSPS) is 17.1. The molecule has 4 rings (SSSR count). The SMILES string of the molecule is O=C(CCc1ccccc1F)N1CCc2ncnc(C3CC3)c2CC1. The molecule has 1 fully saturated rings. The lowest BCUT2D eigenvalue weighted by atomic mass is 10.0. The molecule has 130 valence electrons. The molecule has 2 aromatic rings. The topological polar surface area (TPSA) is 46.1 Å². The van der Waals surface area contributed by atoms with Gasteiger partial charge in [-0.3, -0.25) is 4.79 Å². The van der Waals surface area contributed by atoms with Gasteiger partial charge in [0.2, 0.25) is 5.91 Å². The Labute approximate surface area is 147 Å². The minimum absolute atomic E-state index is 0.0944. The highest BCUT2D eigenvalue weighted by Gasteiger charge is 2.30. The second-order valence-corrected chi connectivity index (χ2v) is 6.93. The highest BCUT2D eigenvalue weighted by molar-refractivity contribution is 5.76. The van der Waals surface area contributed by atoms with E-state index in [1.807, 2.05) is 11.0 Å². The lowest BCUT2D eigenvalue weighted by Crippen LogP contribution is -2.33. The summed E-state index contributed by atoms with van der Waals surface area (Å²) in [7, 11) is 0. The van der Waals surface area contributed by atoms with Crippen LogP contribution in [0.1, 0.15) is 47.7 Å². The first kappa shape index (κ1) is 16.2. The third kappa shape index (κ3) is 3.55. The number of halogens is 1.